The van der Waals surface area contributed by atoms with Gasteiger partial charge in [-0.2, -0.15) is 4.57 Å². The number of hydrogen-bond donors (Lipinski definition) is 2. The summed E-state index contributed by atoms with van der Waals surface area (Å²) in [4.78, 5) is 21.8. The average molecular weight is 245 g/mol. The molecule has 1 aromatic rings. The summed E-state index contributed by atoms with van der Waals surface area (Å²) >= 11 is 0. The Kier molecular flexibility index (Phi) is 5.46. The second-order valence-electron chi connectivity index (χ2n) is 3.17. The molecular weight excluding hydrogens is 232 g/mol. The van der Waals surface area contributed by atoms with Crippen LogP contribution >= 0.6 is 0 Å². The number of hydrogen-bond acceptors (Lipinski definition) is 2. The van der Waals surface area contributed by atoms with Gasteiger partial charge >= 0.3 is 5.97 Å². The highest BCUT2D eigenvalue weighted by atomic mass is 35.5. The molecular formula is C10H13ClN2O3. The number of carboxylic acids is 1. The van der Waals surface area contributed by atoms with Crippen LogP contribution < -0.4 is 22.7 Å². The molecule has 0 aromatic carbocycles. The van der Waals surface area contributed by atoms with E-state index in [0.717, 1.165) is 0 Å². The van der Waals surface area contributed by atoms with Gasteiger partial charge in [0.2, 0.25) is 0 Å². The SMILES string of the molecule is CCC(C(=O)O)[n+]1cccc(C(N)=O)c1.[Cl-]. The number of carbonyl (C=O) groups excluding carboxylic acids is 1. The first-order valence-electron chi connectivity index (χ1n) is 4.59. The maximum absolute atomic E-state index is 10.9. The van der Waals surface area contributed by atoms with Gasteiger partial charge in [0.25, 0.3) is 11.9 Å². The van der Waals surface area contributed by atoms with Crippen LogP contribution in [-0.4, -0.2) is 17.0 Å². The number of primary amides is 1. The number of carbonyl (C=O) groups is 2. The quantitative estimate of drug-likeness (QED) is 0.558. The van der Waals surface area contributed by atoms with Crippen LogP contribution in [0.5, 0.6) is 0 Å². The van der Waals surface area contributed by atoms with Crippen LogP contribution in [0.2, 0.25) is 0 Å². The number of halogens is 1. The van der Waals surface area contributed by atoms with E-state index in [9.17, 15) is 9.59 Å². The van der Waals surface area contributed by atoms with Crippen LogP contribution in [0.25, 0.3) is 0 Å². The third-order valence-electron chi connectivity index (χ3n) is 2.14. The fraction of sp³-hybridized carbons (Fsp3) is 0.300. The first kappa shape index (κ1) is 14.4. The van der Waals surface area contributed by atoms with E-state index in [1.54, 1.807) is 25.3 Å². The summed E-state index contributed by atoms with van der Waals surface area (Å²) in [7, 11) is 0. The molecule has 0 radical (unpaired) electrons. The maximum Gasteiger partial charge on any atom is 0.373 e. The van der Waals surface area contributed by atoms with Crippen LogP contribution in [0.15, 0.2) is 24.5 Å². The maximum atomic E-state index is 10.9. The first-order chi connectivity index (χ1) is 7.06. The fourth-order valence-corrected chi connectivity index (χ4v) is 1.35. The first-order valence-corrected chi connectivity index (χ1v) is 4.59. The summed E-state index contributed by atoms with van der Waals surface area (Å²) in [6, 6.07) is 2.49. The molecule has 1 amide bonds. The van der Waals surface area contributed by atoms with Gasteiger partial charge in [-0.25, -0.2) is 4.79 Å². The standard InChI is InChI=1S/C10H12N2O3.ClH/c1-2-8(10(14)15)12-5-3-4-7(6-12)9(11)13;/h3-6,8H,2H2,1H3,(H2-,11,13,14,15);1H. The van der Waals surface area contributed by atoms with E-state index in [2.05, 4.69) is 0 Å². The van der Waals surface area contributed by atoms with E-state index in [-0.39, 0.29) is 12.4 Å². The number of nitrogens with zero attached hydrogens (tertiary/aromatic N) is 1. The molecule has 1 aromatic heterocycles. The zero-order chi connectivity index (χ0) is 11.4. The number of pyridine rings is 1. The summed E-state index contributed by atoms with van der Waals surface area (Å²) in [5.41, 5.74) is 5.40. The lowest BCUT2D eigenvalue weighted by atomic mass is 10.2. The van der Waals surface area contributed by atoms with E-state index in [0.29, 0.717) is 12.0 Å². The van der Waals surface area contributed by atoms with Crippen molar-refractivity contribution in [1.82, 2.24) is 0 Å². The average Bonchev–Trinajstić information content (AvgIpc) is 2.18. The van der Waals surface area contributed by atoms with Crippen LogP contribution in [0.4, 0.5) is 0 Å². The third-order valence-corrected chi connectivity index (χ3v) is 2.14. The molecule has 1 rings (SSSR count). The van der Waals surface area contributed by atoms with Crippen molar-refractivity contribution in [3.05, 3.63) is 30.1 Å². The van der Waals surface area contributed by atoms with Crippen LogP contribution in [0.3, 0.4) is 0 Å². The lowest BCUT2D eigenvalue weighted by Crippen LogP contribution is -3.00. The highest BCUT2D eigenvalue weighted by Gasteiger charge is 2.25. The molecule has 3 N–H and O–H groups in total. The molecule has 0 fully saturated rings. The second kappa shape index (κ2) is 6.07. The molecule has 0 aliphatic heterocycles. The van der Waals surface area contributed by atoms with Gasteiger partial charge in [0.15, 0.2) is 12.4 Å². The van der Waals surface area contributed by atoms with Crippen molar-refractivity contribution in [3.63, 3.8) is 0 Å². The van der Waals surface area contributed by atoms with E-state index in [1.165, 1.54) is 10.8 Å². The van der Waals surface area contributed by atoms with Crippen molar-refractivity contribution in [2.45, 2.75) is 19.4 Å². The number of nitrogens with two attached hydrogens (primary N) is 1. The summed E-state index contributed by atoms with van der Waals surface area (Å²) < 4.78 is 1.47. The zero-order valence-corrected chi connectivity index (χ0v) is 9.52. The van der Waals surface area contributed by atoms with Crippen LogP contribution in [0, 0.1) is 0 Å². The van der Waals surface area contributed by atoms with Crippen molar-refractivity contribution in [2.75, 3.05) is 0 Å². The molecule has 6 heteroatoms. The lowest BCUT2D eigenvalue weighted by Gasteiger charge is -2.04. The smallest absolute Gasteiger partial charge is 0.373 e. The highest BCUT2D eigenvalue weighted by Crippen LogP contribution is 2.03. The highest BCUT2D eigenvalue weighted by molar-refractivity contribution is 5.92. The van der Waals surface area contributed by atoms with E-state index in [4.69, 9.17) is 10.8 Å². The van der Waals surface area contributed by atoms with Crippen molar-refractivity contribution >= 4 is 11.9 Å². The molecule has 1 atom stereocenters. The van der Waals surface area contributed by atoms with Gasteiger partial charge in [0, 0.05) is 12.5 Å². The van der Waals surface area contributed by atoms with Gasteiger partial charge < -0.3 is 23.2 Å². The molecule has 88 valence electrons. The summed E-state index contributed by atoms with van der Waals surface area (Å²) in [5, 5.41) is 8.92. The summed E-state index contributed by atoms with van der Waals surface area (Å²) in [6.07, 6.45) is 3.50. The predicted octanol–water partition coefficient (Wildman–Crippen LogP) is -2.89. The Hall–Kier alpha value is -1.62. The molecule has 0 saturated carbocycles. The number of rotatable bonds is 4. The van der Waals surface area contributed by atoms with Crippen molar-refractivity contribution < 1.29 is 31.7 Å². The number of aromatic nitrogens is 1. The Morgan fingerprint density at radius 3 is 2.62 bits per heavy atom. The monoisotopic (exact) mass is 244 g/mol. The Balaban J connectivity index is 0.00000225. The number of aliphatic carboxylic acids is 1. The van der Waals surface area contributed by atoms with E-state index < -0.39 is 17.9 Å². The van der Waals surface area contributed by atoms with Crippen LogP contribution in [-0.2, 0) is 4.79 Å². The van der Waals surface area contributed by atoms with Gasteiger partial charge in [-0.15, -0.1) is 0 Å². The Labute approximate surface area is 99.3 Å². The Morgan fingerprint density at radius 1 is 1.56 bits per heavy atom. The van der Waals surface area contributed by atoms with Crippen molar-refractivity contribution in [1.29, 1.82) is 0 Å². The normalized spacial score (nSPS) is 11.3. The molecule has 0 aliphatic rings. The summed E-state index contributed by atoms with van der Waals surface area (Å²) in [6.45, 7) is 1.77. The van der Waals surface area contributed by atoms with Gasteiger partial charge in [-0.1, -0.05) is 6.92 Å². The minimum absolute atomic E-state index is 0. The van der Waals surface area contributed by atoms with Gasteiger partial charge in [-0.05, 0) is 6.07 Å². The fourth-order valence-electron chi connectivity index (χ4n) is 1.35. The van der Waals surface area contributed by atoms with Crippen molar-refractivity contribution in [2.24, 2.45) is 5.73 Å². The van der Waals surface area contributed by atoms with Crippen LogP contribution in [0.1, 0.15) is 29.7 Å². The van der Waals surface area contributed by atoms with Gasteiger partial charge in [-0.3, -0.25) is 4.79 Å². The number of carboxylic acid groups (broad SMARTS) is 1. The van der Waals surface area contributed by atoms with Gasteiger partial charge in [0.05, 0.1) is 0 Å². The Morgan fingerprint density at radius 2 is 2.19 bits per heavy atom. The molecule has 1 unspecified atom stereocenters. The largest absolute Gasteiger partial charge is 1.00 e. The zero-order valence-electron chi connectivity index (χ0n) is 8.76. The molecule has 0 saturated heterocycles. The third kappa shape index (κ3) is 3.20. The molecule has 0 bridgehead atoms. The minimum atomic E-state index is -0.927. The van der Waals surface area contributed by atoms with Crippen molar-refractivity contribution in [3.8, 4) is 0 Å². The Bertz CT molecular complexity index is 395. The lowest BCUT2D eigenvalue weighted by molar-refractivity contribution is -0.711. The molecule has 16 heavy (non-hydrogen) atoms. The number of amides is 1. The summed E-state index contributed by atoms with van der Waals surface area (Å²) in [5.74, 6) is -1.49. The van der Waals surface area contributed by atoms with E-state index >= 15 is 0 Å². The molecule has 0 aliphatic carbocycles. The van der Waals surface area contributed by atoms with E-state index in [1.807, 2.05) is 0 Å². The predicted molar refractivity (Wildman–Crippen MR) is 52.1 cm³/mol. The molecule has 1 heterocycles. The topological polar surface area (TPSA) is 84.3 Å². The minimum Gasteiger partial charge on any atom is -1.00 e. The van der Waals surface area contributed by atoms with Gasteiger partial charge in [0.1, 0.15) is 5.56 Å². The second-order valence-corrected chi connectivity index (χ2v) is 3.17. The molecule has 0 spiro atoms. The molecule has 5 nitrogen and oxygen atoms in total.